The number of aromatic nitrogens is 3. The van der Waals surface area contributed by atoms with Gasteiger partial charge < -0.3 is 9.88 Å². The highest BCUT2D eigenvalue weighted by Gasteiger charge is 2.19. The normalized spacial score (nSPS) is 12.0. The minimum Gasteiger partial charge on any atom is -0.342 e. The number of amides is 1. The van der Waals surface area contributed by atoms with Gasteiger partial charge in [0.05, 0.1) is 6.04 Å². The molecule has 5 nitrogen and oxygen atoms in total. The summed E-state index contributed by atoms with van der Waals surface area (Å²) < 4.78 is 3.12. The van der Waals surface area contributed by atoms with Crippen LogP contribution in [0.5, 0.6) is 0 Å². The van der Waals surface area contributed by atoms with Crippen molar-refractivity contribution in [2.75, 3.05) is 0 Å². The maximum atomic E-state index is 12.4. The third kappa shape index (κ3) is 4.99. The largest absolute Gasteiger partial charge is 0.342 e. The number of nitrogens with one attached hydrogen (secondary N) is 1. The summed E-state index contributed by atoms with van der Waals surface area (Å²) in [6, 6.07) is 17.2. The number of benzene rings is 2. The second-order valence-electron chi connectivity index (χ2n) is 6.06. The smallest absolute Gasteiger partial charge is 0.251 e. The zero-order chi connectivity index (χ0) is 19.2. The molecule has 0 saturated heterocycles. The fourth-order valence-electron chi connectivity index (χ4n) is 2.69. The summed E-state index contributed by atoms with van der Waals surface area (Å²) in [7, 11) is 0. The van der Waals surface area contributed by atoms with Crippen molar-refractivity contribution in [2.45, 2.75) is 37.3 Å². The van der Waals surface area contributed by atoms with Crippen molar-refractivity contribution in [1.82, 2.24) is 20.1 Å². The molecule has 0 aliphatic carbocycles. The first-order chi connectivity index (χ1) is 13.1. The number of carbonyl (C=O) groups excluding carboxylic acids is 1. The fourth-order valence-corrected chi connectivity index (χ4v) is 3.92. The molecule has 3 rings (SSSR count). The molecule has 1 atom stereocenters. The first-order valence-electron chi connectivity index (χ1n) is 8.74. The molecule has 3 aromatic rings. The van der Waals surface area contributed by atoms with Gasteiger partial charge in [-0.15, -0.1) is 10.2 Å². The molecule has 0 aliphatic heterocycles. The maximum Gasteiger partial charge on any atom is 0.251 e. The van der Waals surface area contributed by atoms with E-state index in [1.165, 1.54) is 5.56 Å². The maximum absolute atomic E-state index is 12.4. The van der Waals surface area contributed by atoms with Crippen LogP contribution >= 0.6 is 27.7 Å². The van der Waals surface area contributed by atoms with Crippen LogP contribution in [0.25, 0.3) is 0 Å². The summed E-state index contributed by atoms with van der Waals surface area (Å²) in [6.07, 6.45) is 0. The van der Waals surface area contributed by atoms with Gasteiger partial charge in [0, 0.05) is 22.3 Å². The quantitative estimate of drug-likeness (QED) is 0.529. The third-order valence-corrected chi connectivity index (χ3v) is 5.68. The number of nitrogens with zero attached hydrogens (tertiary/aromatic N) is 3. The Morgan fingerprint density at radius 1 is 1.15 bits per heavy atom. The van der Waals surface area contributed by atoms with E-state index in [1.807, 2.05) is 37.3 Å². The van der Waals surface area contributed by atoms with Gasteiger partial charge in [-0.25, -0.2) is 0 Å². The van der Waals surface area contributed by atoms with E-state index in [2.05, 4.69) is 55.1 Å². The second-order valence-corrected chi connectivity index (χ2v) is 7.92. The SMILES string of the molecule is CCn1c(SCc2ccc(Br)cc2)nnc1[C@@H](C)NC(=O)c1ccccc1. The van der Waals surface area contributed by atoms with Crippen molar-refractivity contribution in [3.05, 3.63) is 76.0 Å². The van der Waals surface area contributed by atoms with Gasteiger partial charge >= 0.3 is 0 Å². The highest BCUT2D eigenvalue weighted by atomic mass is 79.9. The molecule has 0 aliphatic rings. The van der Waals surface area contributed by atoms with Gasteiger partial charge in [-0.2, -0.15) is 0 Å². The van der Waals surface area contributed by atoms with E-state index in [4.69, 9.17) is 0 Å². The Morgan fingerprint density at radius 2 is 1.85 bits per heavy atom. The molecule has 0 unspecified atom stereocenters. The van der Waals surface area contributed by atoms with E-state index in [1.54, 1.807) is 23.9 Å². The molecule has 1 aromatic heterocycles. The van der Waals surface area contributed by atoms with Gasteiger partial charge in [-0.05, 0) is 43.7 Å². The molecular weight excluding hydrogens is 424 g/mol. The molecule has 0 radical (unpaired) electrons. The molecule has 1 heterocycles. The van der Waals surface area contributed by atoms with E-state index in [-0.39, 0.29) is 11.9 Å². The lowest BCUT2D eigenvalue weighted by Crippen LogP contribution is -2.28. The highest BCUT2D eigenvalue weighted by molar-refractivity contribution is 9.10. The summed E-state index contributed by atoms with van der Waals surface area (Å²) in [5.41, 5.74) is 1.86. The van der Waals surface area contributed by atoms with Gasteiger partial charge in [0.1, 0.15) is 0 Å². The van der Waals surface area contributed by atoms with Crippen molar-refractivity contribution in [3.8, 4) is 0 Å². The average molecular weight is 445 g/mol. The molecule has 0 bridgehead atoms. The lowest BCUT2D eigenvalue weighted by Gasteiger charge is -2.15. The fraction of sp³-hybridized carbons (Fsp3) is 0.250. The van der Waals surface area contributed by atoms with E-state index in [9.17, 15) is 4.79 Å². The summed E-state index contributed by atoms with van der Waals surface area (Å²) in [5.74, 6) is 1.47. The van der Waals surface area contributed by atoms with Crippen molar-refractivity contribution in [2.24, 2.45) is 0 Å². The number of thioether (sulfide) groups is 1. The predicted octanol–water partition coefficient (Wildman–Crippen LogP) is 4.84. The lowest BCUT2D eigenvalue weighted by molar-refractivity contribution is 0.0937. The number of hydrogen-bond acceptors (Lipinski definition) is 4. The molecule has 7 heteroatoms. The zero-order valence-corrected chi connectivity index (χ0v) is 17.6. The predicted molar refractivity (Wildman–Crippen MR) is 112 cm³/mol. The van der Waals surface area contributed by atoms with E-state index in [0.29, 0.717) is 5.56 Å². The average Bonchev–Trinajstić information content (AvgIpc) is 3.11. The van der Waals surface area contributed by atoms with Crippen LogP contribution < -0.4 is 5.32 Å². The van der Waals surface area contributed by atoms with Crippen LogP contribution in [0.3, 0.4) is 0 Å². The molecule has 0 saturated carbocycles. The van der Waals surface area contributed by atoms with E-state index < -0.39 is 0 Å². The molecule has 0 spiro atoms. The van der Waals surface area contributed by atoms with Crippen molar-refractivity contribution in [3.63, 3.8) is 0 Å². The van der Waals surface area contributed by atoms with Crippen molar-refractivity contribution < 1.29 is 4.79 Å². The summed E-state index contributed by atoms with van der Waals surface area (Å²) in [4.78, 5) is 12.4. The number of rotatable bonds is 7. The summed E-state index contributed by atoms with van der Waals surface area (Å²) in [5, 5.41) is 12.5. The van der Waals surface area contributed by atoms with Crippen LogP contribution in [-0.2, 0) is 12.3 Å². The van der Waals surface area contributed by atoms with Gasteiger partial charge in [-0.3, -0.25) is 4.79 Å². The minimum absolute atomic E-state index is 0.113. The number of carbonyl (C=O) groups is 1. The molecule has 1 amide bonds. The van der Waals surface area contributed by atoms with Crippen LogP contribution in [0.1, 0.15) is 41.6 Å². The molecular formula is C20H21BrN4OS. The number of hydrogen-bond donors (Lipinski definition) is 1. The summed E-state index contributed by atoms with van der Waals surface area (Å²) in [6.45, 7) is 4.74. The Kier molecular flexibility index (Phi) is 6.68. The van der Waals surface area contributed by atoms with Crippen LogP contribution in [0.4, 0.5) is 0 Å². The van der Waals surface area contributed by atoms with E-state index in [0.717, 1.165) is 27.8 Å². The third-order valence-electron chi connectivity index (χ3n) is 4.11. The summed E-state index contributed by atoms with van der Waals surface area (Å²) >= 11 is 5.10. The lowest BCUT2D eigenvalue weighted by atomic mass is 10.2. The van der Waals surface area contributed by atoms with Gasteiger partial charge in [-0.1, -0.05) is 58.0 Å². The van der Waals surface area contributed by atoms with Crippen molar-refractivity contribution >= 4 is 33.6 Å². The van der Waals surface area contributed by atoms with Gasteiger partial charge in [0.15, 0.2) is 11.0 Å². The zero-order valence-electron chi connectivity index (χ0n) is 15.2. The first kappa shape index (κ1) is 19.6. The molecule has 0 fully saturated rings. The molecule has 1 N–H and O–H groups in total. The van der Waals surface area contributed by atoms with Crippen LogP contribution in [-0.4, -0.2) is 20.7 Å². The van der Waals surface area contributed by atoms with Gasteiger partial charge in [0.25, 0.3) is 5.91 Å². The monoisotopic (exact) mass is 444 g/mol. The highest BCUT2D eigenvalue weighted by Crippen LogP contribution is 2.25. The Morgan fingerprint density at radius 3 is 2.52 bits per heavy atom. The van der Waals surface area contributed by atoms with E-state index >= 15 is 0 Å². The molecule has 27 heavy (non-hydrogen) atoms. The van der Waals surface area contributed by atoms with Gasteiger partial charge in [0.2, 0.25) is 0 Å². The Labute approximate surface area is 171 Å². The second kappa shape index (κ2) is 9.19. The standard InChI is InChI=1S/C20H21BrN4OS/c1-3-25-18(14(2)22-19(26)16-7-5-4-6-8-16)23-24-20(25)27-13-15-9-11-17(21)12-10-15/h4-12,14H,3,13H2,1-2H3,(H,22,26)/t14-/m1/s1. The number of halogens is 1. The molecule has 140 valence electrons. The van der Waals surface area contributed by atoms with Crippen LogP contribution in [0.2, 0.25) is 0 Å². The van der Waals surface area contributed by atoms with Crippen LogP contribution in [0.15, 0.2) is 64.2 Å². The van der Waals surface area contributed by atoms with Crippen molar-refractivity contribution in [1.29, 1.82) is 0 Å². The minimum atomic E-state index is -0.229. The Hall–Kier alpha value is -2.12. The Bertz CT molecular complexity index is 896. The molecule has 2 aromatic carbocycles. The topological polar surface area (TPSA) is 59.8 Å². The van der Waals surface area contributed by atoms with Crippen LogP contribution in [0, 0.1) is 0 Å². The Balaban J connectivity index is 1.69. The first-order valence-corrected chi connectivity index (χ1v) is 10.5.